The Morgan fingerprint density at radius 1 is 1.17 bits per heavy atom. The van der Waals surface area contributed by atoms with E-state index in [1.807, 2.05) is 65.4 Å². The molecule has 1 atom stereocenters. The van der Waals surface area contributed by atoms with Gasteiger partial charge in [0.2, 0.25) is 0 Å². The fourth-order valence-corrected chi connectivity index (χ4v) is 3.85. The first-order chi connectivity index (χ1) is 13.1. The fourth-order valence-electron chi connectivity index (χ4n) is 3.85. The van der Waals surface area contributed by atoms with Gasteiger partial charge in [-0.15, -0.1) is 24.8 Å². The second-order valence-corrected chi connectivity index (χ2v) is 6.92. The molecule has 1 N–H and O–H groups in total. The summed E-state index contributed by atoms with van der Waals surface area (Å²) in [4.78, 5) is 24.3. The van der Waals surface area contributed by atoms with Crippen LogP contribution in [0.4, 0.5) is 0 Å². The summed E-state index contributed by atoms with van der Waals surface area (Å²) in [6, 6.07) is 7.68. The van der Waals surface area contributed by atoms with Crippen molar-refractivity contribution in [2.45, 2.75) is 19.9 Å². The van der Waals surface area contributed by atoms with E-state index >= 15 is 0 Å². The average Bonchev–Trinajstić information content (AvgIpc) is 3.24. The van der Waals surface area contributed by atoms with E-state index in [9.17, 15) is 4.79 Å². The maximum Gasteiger partial charge on any atom is 0.256 e. The molecular formula is C20H26Cl2N6O. The zero-order valence-corrected chi connectivity index (χ0v) is 18.3. The SMILES string of the molecule is Cc1cc(C(=O)N2CCNCC2c2nccn2C)c(C)n1-c1ccccn1.Cl.Cl. The van der Waals surface area contributed by atoms with Crippen molar-refractivity contribution in [3.8, 4) is 5.82 Å². The Balaban J connectivity index is 0.00000150. The zero-order chi connectivity index (χ0) is 19.0. The third-order valence-corrected chi connectivity index (χ3v) is 5.20. The highest BCUT2D eigenvalue weighted by Gasteiger charge is 2.32. The van der Waals surface area contributed by atoms with Crippen molar-refractivity contribution in [2.24, 2.45) is 7.05 Å². The molecule has 1 amide bonds. The van der Waals surface area contributed by atoms with E-state index < -0.39 is 0 Å². The number of aryl methyl sites for hydroxylation is 2. The van der Waals surface area contributed by atoms with E-state index in [1.165, 1.54) is 0 Å². The lowest BCUT2D eigenvalue weighted by Gasteiger charge is -2.35. The number of hydrogen-bond donors (Lipinski definition) is 1. The van der Waals surface area contributed by atoms with Crippen LogP contribution < -0.4 is 5.32 Å². The first-order valence-electron chi connectivity index (χ1n) is 9.17. The summed E-state index contributed by atoms with van der Waals surface area (Å²) in [5, 5.41) is 3.38. The van der Waals surface area contributed by atoms with E-state index in [4.69, 9.17) is 0 Å². The lowest BCUT2D eigenvalue weighted by molar-refractivity contribution is 0.0620. The highest BCUT2D eigenvalue weighted by atomic mass is 35.5. The number of carbonyl (C=O) groups is 1. The molecule has 1 saturated heterocycles. The van der Waals surface area contributed by atoms with Gasteiger partial charge in [0.05, 0.1) is 5.56 Å². The molecule has 4 heterocycles. The third-order valence-electron chi connectivity index (χ3n) is 5.20. The molecule has 4 rings (SSSR count). The number of amides is 1. The Kier molecular flexibility index (Phi) is 7.46. The summed E-state index contributed by atoms with van der Waals surface area (Å²) in [6.45, 7) is 6.13. The number of piperazine rings is 1. The molecule has 156 valence electrons. The molecule has 1 unspecified atom stereocenters. The summed E-state index contributed by atoms with van der Waals surface area (Å²) in [5.41, 5.74) is 2.63. The van der Waals surface area contributed by atoms with Crippen LogP contribution in [-0.2, 0) is 7.05 Å². The van der Waals surface area contributed by atoms with E-state index in [2.05, 4.69) is 15.3 Å². The predicted octanol–water partition coefficient (Wildman–Crippen LogP) is 2.85. The van der Waals surface area contributed by atoms with Gasteiger partial charge in [-0.3, -0.25) is 4.79 Å². The number of carbonyl (C=O) groups excluding carboxylic acids is 1. The van der Waals surface area contributed by atoms with E-state index in [0.717, 1.165) is 35.1 Å². The quantitative estimate of drug-likeness (QED) is 0.685. The Morgan fingerprint density at radius 3 is 2.62 bits per heavy atom. The van der Waals surface area contributed by atoms with Crippen LogP contribution in [0.1, 0.15) is 33.6 Å². The summed E-state index contributed by atoms with van der Waals surface area (Å²) >= 11 is 0. The van der Waals surface area contributed by atoms with Gasteiger partial charge in [0.25, 0.3) is 5.91 Å². The van der Waals surface area contributed by atoms with Crippen LogP contribution in [0.3, 0.4) is 0 Å². The van der Waals surface area contributed by atoms with Gasteiger partial charge in [-0.05, 0) is 32.0 Å². The second kappa shape index (κ2) is 9.43. The molecule has 1 fully saturated rings. The van der Waals surface area contributed by atoms with Gasteiger partial charge in [0, 0.05) is 56.7 Å². The minimum atomic E-state index is -0.0795. The predicted molar refractivity (Wildman–Crippen MR) is 117 cm³/mol. The number of pyridine rings is 1. The molecule has 1 aliphatic heterocycles. The van der Waals surface area contributed by atoms with Crippen LogP contribution in [0, 0.1) is 13.8 Å². The van der Waals surface area contributed by atoms with Crippen LogP contribution in [0.15, 0.2) is 42.9 Å². The highest BCUT2D eigenvalue weighted by Crippen LogP contribution is 2.26. The van der Waals surface area contributed by atoms with Crippen LogP contribution in [-0.4, -0.2) is 49.5 Å². The molecule has 1 aliphatic rings. The second-order valence-electron chi connectivity index (χ2n) is 6.92. The van der Waals surface area contributed by atoms with Crippen molar-refractivity contribution >= 4 is 30.7 Å². The van der Waals surface area contributed by atoms with Crippen LogP contribution in [0.5, 0.6) is 0 Å². The van der Waals surface area contributed by atoms with Gasteiger partial charge in [0.1, 0.15) is 17.7 Å². The van der Waals surface area contributed by atoms with Crippen molar-refractivity contribution in [1.29, 1.82) is 0 Å². The van der Waals surface area contributed by atoms with Crippen LogP contribution in [0.2, 0.25) is 0 Å². The number of nitrogens with zero attached hydrogens (tertiary/aromatic N) is 5. The molecule has 9 heteroatoms. The lowest BCUT2D eigenvalue weighted by Crippen LogP contribution is -2.49. The lowest BCUT2D eigenvalue weighted by atomic mass is 10.1. The van der Waals surface area contributed by atoms with Crippen molar-refractivity contribution in [2.75, 3.05) is 19.6 Å². The molecule has 3 aromatic heterocycles. The van der Waals surface area contributed by atoms with E-state index in [-0.39, 0.29) is 36.8 Å². The average molecular weight is 437 g/mol. The molecule has 0 aliphatic carbocycles. The van der Waals surface area contributed by atoms with Gasteiger partial charge in [-0.25, -0.2) is 9.97 Å². The first-order valence-corrected chi connectivity index (χ1v) is 9.17. The Labute approximate surface area is 183 Å². The molecule has 3 aromatic rings. The van der Waals surface area contributed by atoms with Gasteiger partial charge in [0.15, 0.2) is 0 Å². The highest BCUT2D eigenvalue weighted by molar-refractivity contribution is 5.96. The van der Waals surface area contributed by atoms with Crippen molar-refractivity contribution in [3.05, 3.63) is 65.6 Å². The number of imidazole rings is 1. The molecule has 0 aromatic carbocycles. The van der Waals surface area contributed by atoms with Gasteiger partial charge < -0.3 is 19.4 Å². The smallest absolute Gasteiger partial charge is 0.256 e. The Morgan fingerprint density at radius 2 is 1.97 bits per heavy atom. The standard InChI is InChI=1S/C20H24N6O.2ClH/c1-14-12-16(15(2)26(14)18-6-4-5-7-22-18)20(27)25-11-8-21-13-17(25)19-23-9-10-24(19)3;;/h4-7,9-10,12,17,21H,8,11,13H2,1-3H3;2*1H. The van der Waals surface area contributed by atoms with Crippen molar-refractivity contribution in [1.82, 2.24) is 29.3 Å². The zero-order valence-electron chi connectivity index (χ0n) is 16.7. The maximum atomic E-state index is 13.5. The summed E-state index contributed by atoms with van der Waals surface area (Å²) in [6.07, 6.45) is 5.46. The molecule has 0 spiro atoms. The number of aromatic nitrogens is 4. The summed E-state index contributed by atoms with van der Waals surface area (Å²) in [7, 11) is 1.96. The number of halogens is 2. The maximum absolute atomic E-state index is 13.5. The minimum absolute atomic E-state index is 0. The molecule has 7 nitrogen and oxygen atoms in total. The molecule has 0 radical (unpaired) electrons. The fraction of sp³-hybridized carbons (Fsp3) is 0.350. The van der Waals surface area contributed by atoms with Gasteiger partial charge in [-0.2, -0.15) is 0 Å². The number of hydrogen-bond acceptors (Lipinski definition) is 4. The Bertz CT molecular complexity index is 969. The largest absolute Gasteiger partial charge is 0.336 e. The summed E-state index contributed by atoms with van der Waals surface area (Å²) < 4.78 is 4.01. The number of nitrogens with one attached hydrogen (secondary N) is 1. The van der Waals surface area contributed by atoms with E-state index in [1.54, 1.807) is 12.4 Å². The van der Waals surface area contributed by atoms with Crippen LogP contribution in [0.25, 0.3) is 5.82 Å². The molecule has 0 saturated carbocycles. The third kappa shape index (κ3) is 4.17. The molecular weight excluding hydrogens is 411 g/mol. The monoisotopic (exact) mass is 436 g/mol. The van der Waals surface area contributed by atoms with Crippen molar-refractivity contribution in [3.63, 3.8) is 0 Å². The van der Waals surface area contributed by atoms with Gasteiger partial charge in [-0.1, -0.05) is 6.07 Å². The summed E-state index contributed by atoms with van der Waals surface area (Å²) in [5.74, 6) is 1.77. The van der Waals surface area contributed by atoms with E-state index in [0.29, 0.717) is 13.1 Å². The topological polar surface area (TPSA) is 68.0 Å². The number of rotatable bonds is 3. The van der Waals surface area contributed by atoms with Crippen molar-refractivity contribution < 1.29 is 4.79 Å². The normalized spacial score (nSPS) is 16.1. The Hall–Kier alpha value is -2.35. The molecule has 29 heavy (non-hydrogen) atoms. The van der Waals surface area contributed by atoms with Gasteiger partial charge >= 0.3 is 0 Å². The minimum Gasteiger partial charge on any atom is -0.336 e. The molecule has 0 bridgehead atoms. The van der Waals surface area contributed by atoms with Crippen LogP contribution >= 0.6 is 24.8 Å². The first kappa shape index (κ1) is 22.9.